The summed E-state index contributed by atoms with van der Waals surface area (Å²) in [5.41, 5.74) is 9.31. The van der Waals surface area contributed by atoms with Gasteiger partial charge in [0, 0.05) is 29.0 Å². The van der Waals surface area contributed by atoms with E-state index < -0.39 is 0 Å². The number of benzene rings is 5. The van der Waals surface area contributed by atoms with Crippen LogP contribution in [0.1, 0.15) is 52.7 Å². The summed E-state index contributed by atoms with van der Waals surface area (Å²) in [4.78, 5) is 9.72. The van der Waals surface area contributed by atoms with Gasteiger partial charge in [-0.2, -0.15) is 0 Å². The van der Waals surface area contributed by atoms with Gasteiger partial charge < -0.3 is 14.2 Å². The largest absolute Gasteiger partial charge is 0.458 e. The Balaban J connectivity index is 1.22. The second-order valence-corrected chi connectivity index (χ2v) is 15.6. The summed E-state index contributed by atoms with van der Waals surface area (Å²) >= 11 is 0. The summed E-state index contributed by atoms with van der Waals surface area (Å²) in [6, 6.07) is 39.6. The molecule has 0 atom stereocenters. The van der Waals surface area contributed by atoms with E-state index in [-0.39, 0.29) is 17.5 Å². The third-order valence-electron chi connectivity index (χ3n) is 9.97. The third-order valence-corrected chi connectivity index (χ3v) is 9.97. The summed E-state index contributed by atoms with van der Waals surface area (Å²) in [7, 11) is 0. The Labute approximate surface area is 298 Å². The van der Waals surface area contributed by atoms with Gasteiger partial charge in [0.15, 0.2) is 0 Å². The van der Waals surface area contributed by atoms with E-state index in [1.165, 1.54) is 0 Å². The highest BCUT2D eigenvalue weighted by atomic mass is 16.5. The molecule has 0 spiro atoms. The third kappa shape index (κ3) is 5.35. The van der Waals surface area contributed by atoms with E-state index >= 15 is 0 Å². The van der Waals surface area contributed by atoms with Crippen LogP contribution in [0.3, 0.4) is 0 Å². The minimum Gasteiger partial charge on any atom is -0.458 e. The molecule has 0 N–H and O–H groups in total. The monoisotopic (exact) mass is 667 g/mol. The first-order chi connectivity index (χ1) is 24.5. The fraction of sp³-hybridized carbons (Fsp3) is 0.182. The Morgan fingerprint density at radius 1 is 0.627 bits per heavy atom. The van der Waals surface area contributed by atoms with Gasteiger partial charge in [0.05, 0.1) is 11.0 Å². The van der Waals surface area contributed by atoms with Gasteiger partial charge in [0.2, 0.25) is 5.88 Å². The van der Waals surface area contributed by atoms with E-state index in [0.29, 0.717) is 11.6 Å². The molecule has 0 fully saturated rings. The molecular weight excluding hydrogens is 629 g/mol. The minimum absolute atomic E-state index is 0.0264. The first-order valence-corrected chi connectivity index (χ1v) is 17.5. The molecule has 0 saturated carbocycles. The van der Waals surface area contributed by atoms with Crippen molar-refractivity contribution in [1.29, 1.82) is 0 Å². The minimum atomic E-state index is -0.163. The van der Waals surface area contributed by atoms with Crippen LogP contribution in [0, 0.1) is 0 Å². The lowest BCUT2D eigenvalue weighted by Gasteiger charge is -2.35. The van der Waals surface area contributed by atoms with Crippen molar-refractivity contribution < 1.29 is 14.2 Å². The molecule has 6 nitrogen and oxygen atoms in total. The highest BCUT2D eigenvalue weighted by molar-refractivity contribution is 6.98. The second-order valence-electron chi connectivity index (χ2n) is 15.6. The molecule has 0 unspecified atom stereocenters. The van der Waals surface area contributed by atoms with E-state index in [1.54, 1.807) is 0 Å². The Hall–Kier alpha value is -5.82. The fourth-order valence-electron chi connectivity index (χ4n) is 7.23. The molecule has 0 amide bonds. The van der Waals surface area contributed by atoms with Crippen molar-refractivity contribution in [3.05, 3.63) is 133 Å². The van der Waals surface area contributed by atoms with Crippen LogP contribution in [0.25, 0.3) is 28.1 Å². The number of hydrogen-bond acceptors (Lipinski definition) is 5. The van der Waals surface area contributed by atoms with Crippen LogP contribution in [0.15, 0.2) is 121 Å². The molecule has 2 aliphatic rings. The number of aromatic nitrogens is 3. The van der Waals surface area contributed by atoms with Crippen molar-refractivity contribution in [2.24, 2.45) is 0 Å². The maximum Gasteiger partial charge on any atom is 0.260 e. The number of ether oxygens (including phenoxy) is 3. The van der Waals surface area contributed by atoms with Gasteiger partial charge in [0.1, 0.15) is 34.6 Å². The molecule has 0 aliphatic carbocycles. The lowest BCUT2D eigenvalue weighted by Crippen LogP contribution is -2.57. The van der Waals surface area contributed by atoms with Crippen molar-refractivity contribution in [2.75, 3.05) is 0 Å². The predicted molar refractivity (Wildman–Crippen MR) is 206 cm³/mol. The molecule has 7 aromatic rings. The van der Waals surface area contributed by atoms with Gasteiger partial charge in [-0.1, -0.05) is 77.9 Å². The number of fused-ring (bicyclic) bond motifs is 5. The summed E-state index contributed by atoms with van der Waals surface area (Å²) in [6.07, 6.45) is 1.81. The quantitative estimate of drug-likeness (QED) is 0.175. The second kappa shape index (κ2) is 11.4. The SMILES string of the molecule is CC(C)(C)c1ccnc(Oc2ccc3c(c2)B2c4cc(-c5nc6ccccc6n5-c5ccccc5)ccc4Oc4cc(C(C)(C)C)cc(c42)O3)c1. The fourth-order valence-corrected chi connectivity index (χ4v) is 7.23. The van der Waals surface area contributed by atoms with Gasteiger partial charge in [0.25, 0.3) is 6.71 Å². The van der Waals surface area contributed by atoms with Crippen molar-refractivity contribution in [1.82, 2.24) is 14.5 Å². The standard InChI is InChI=1S/C44H38BN3O3/c1-43(2,3)28-20-21-46-40(25-28)49-31-17-19-37-33(26-31)45-32-22-27(42-47-34-14-10-11-15-35(34)48(42)30-12-8-7-9-13-30)16-18-36(32)50-38-23-29(44(4,5)6)24-39(51-37)41(38)45/h7-26H,1-6H3. The molecule has 5 aromatic carbocycles. The zero-order chi connectivity index (χ0) is 35.1. The zero-order valence-corrected chi connectivity index (χ0v) is 29.7. The van der Waals surface area contributed by atoms with E-state index in [4.69, 9.17) is 19.2 Å². The maximum atomic E-state index is 6.76. The van der Waals surface area contributed by atoms with Gasteiger partial charge >= 0.3 is 0 Å². The molecule has 2 aromatic heterocycles. The molecule has 0 saturated heterocycles. The molecule has 7 heteroatoms. The lowest BCUT2D eigenvalue weighted by molar-refractivity contribution is 0.449. The summed E-state index contributed by atoms with van der Waals surface area (Å²) in [5, 5.41) is 0. The number of nitrogens with zero attached hydrogens (tertiary/aromatic N) is 3. The molecule has 0 bridgehead atoms. The Bertz CT molecular complexity index is 2470. The number of hydrogen-bond donors (Lipinski definition) is 0. The van der Waals surface area contributed by atoms with Crippen LogP contribution in [0.5, 0.6) is 34.6 Å². The molecule has 4 heterocycles. The van der Waals surface area contributed by atoms with Gasteiger partial charge in [-0.25, -0.2) is 9.97 Å². The number of imidazole rings is 1. The first kappa shape index (κ1) is 31.2. The molecule has 9 rings (SSSR count). The lowest BCUT2D eigenvalue weighted by atomic mass is 9.34. The molecule has 2 aliphatic heterocycles. The average Bonchev–Trinajstić information content (AvgIpc) is 3.51. The normalized spacial score (nSPS) is 13.2. The predicted octanol–water partition coefficient (Wildman–Crippen LogP) is 9.20. The highest BCUT2D eigenvalue weighted by Gasteiger charge is 2.41. The molecule has 51 heavy (non-hydrogen) atoms. The summed E-state index contributed by atoms with van der Waals surface area (Å²) in [6.45, 7) is 13.0. The van der Waals surface area contributed by atoms with Crippen LogP contribution in [-0.4, -0.2) is 21.2 Å². The zero-order valence-electron chi connectivity index (χ0n) is 29.7. The number of rotatable bonds is 4. The van der Waals surface area contributed by atoms with Crippen molar-refractivity contribution >= 4 is 34.1 Å². The number of para-hydroxylation sites is 3. The van der Waals surface area contributed by atoms with Crippen LogP contribution in [0.2, 0.25) is 0 Å². The van der Waals surface area contributed by atoms with Crippen LogP contribution in [0.4, 0.5) is 0 Å². The summed E-state index contributed by atoms with van der Waals surface area (Å²) < 4.78 is 22.1. The molecule has 250 valence electrons. The van der Waals surface area contributed by atoms with Gasteiger partial charge in [-0.15, -0.1) is 0 Å². The summed E-state index contributed by atoms with van der Waals surface area (Å²) in [5.74, 6) is 5.36. The van der Waals surface area contributed by atoms with E-state index in [2.05, 4.69) is 130 Å². The average molecular weight is 668 g/mol. The highest BCUT2D eigenvalue weighted by Crippen LogP contribution is 2.40. The van der Waals surface area contributed by atoms with E-state index in [1.807, 2.05) is 42.6 Å². The first-order valence-electron chi connectivity index (χ1n) is 17.5. The van der Waals surface area contributed by atoms with E-state index in [9.17, 15) is 0 Å². The maximum absolute atomic E-state index is 6.76. The van der Waals surface area contributed by atoms with Crippen molar-refractivity contribution in [3.8, 4) is 51.7 Å². The Morgan fingerprint density at radius 2 is 1.29 bits per heavy atom. The van der Waals surface area contributed by atoms with Crippen LogP contribution >= 0.6 is 0 Å². The molecule has 0 radical (unpaired) electrons. The Kier molecular flexibility index (Phi) is 6.94. The Morgan fingerprint density at radius 3 is 2.02 bits per heavy atom. The van der Waals surface area contributed by atoms with Crippen molar-refractivity contribution in [3.63, 3.8) is 0 Å². The molecular formula is C44H38BN3O3. The van der Waals surface area contributed by atoms with Gasteiger partial charge in [-0.3, -0.25) is 4.57 Å². The van der Waals surface area contributed by atoms with Crippen LogP contribution < -0.4 is 30.6 Å². The van der Waals surface area contributed by atoms with Crippen LogP contribution in [-0.2, 0) is 10.8 Å². The van der Waals surface area contributed by atoms with E-state index in [0.717, 1.165) is 78.6 Å². The van der Waals surface area contributed by atoms with Gasteiger partial charge in [-0.05, 0) is 106 Å². The van der Waals surface area contributed by atoms with Crippen molar-refractivity contribution in [2.45, 2.75) is 52.4 Å². The smallest absolute Gasteiger partial charge is 0.260 e. The topological polar surface area (TPSA) is 58.4 Å². The number of pyridine rings is 1.